The Hall–Kier alpha value is -1.34. The summed E-state index contributed by atoms with van der Waals surface area (Å²) in [5.41, 5.74) is 0.399. The second-order valence-corrected chi connectivity index (χ2v) is 5.80. The van der Waals surface area contributed by atoms with Gasteiger partial charge in [0, 0.05) is 11.6 Å². The van der Waals surface area contributed by atoms with Gasteiger partial charge < -0.3 is 4.74 Å². The first-order valence-electron chi connectivity index (χ1n) is 5.31. The molecule has 0 aliphatic rings. The van der Waals surface area contributed by atoms with Gasteiger partial charge in [-0.05, 0) is 35.0 Å². The van der Waals surface area contributed by atoms with Crippen LogP contribution in [0.5, 0.6) is 0 Å². The average Bonchev–Trinajstić information content (AvgIpc) is 2.70. The highest BCUT2D eigenvalue weighted by atomic mass is 79.9. The number of thiazole rings is 1. The highest BCUT2D eigenvalue weighted by Gasteiger charge is 2.20. The number of hydrogen-bond donors (Lipinski definition) is 0. The van der Waals surface area contributed by atoms with Gasteiger partial charge in [-0.2, -0.15) is 0 Å². The lowest BCUT2D eigenvalue weighted by molar-refractivity contribution is 0.0532. The molecule has 0 atom stereocenters. The number of carbonyl (C=O) groups is 1. The first-order chi connectivity index (χ1) is 9.01. The maximum Gasteiger partial charge on any atom is 0.350 e. The molecule has 0 spiro atoms. The normalized spacial score (nSPS) is 10.5. The molecule has 0 N–H and O–H groups in total. The molecule has 0 saturated carbocycles. The molecule has 0 aliphatic carbocycles. The Balaban J connectivity index is 2.52. The van der Waals surface area contributed by atoms with Crippen LogP contribution in [-0.4, -0.2) is 17.6 Å². The van der Waals surface area contributed by atoms with Crippen molar-refractivity contribution in [2.24, 2.45) is 0 Å². The first-order valence-corrected chi connectivity index (χ1v) is 6.92. The summed E-state index contributed by atoms with van der Waals surface area (Å²) in [5.74, 6) is -2.02. The van der Waals surface area contributed by atoms with Crippen molar-refractivity contribution in [2.45, 2.75) is 6.92 Å². The number of halogens is 3. The minimum Gasteiger partial charge on any atom is -0.462 e. The molecule has 0 unspecified atom stereocenters. The van der Waals surface area contributed by atoms with Gasteiger partial charge in [-0.15, -0.1) is 0 Å². The SMILES string of the molecule is CCOC(=O)c1sc(Br)nc1-c1cc(F)cc(F)c1. The number of benzene rings is 1. The van der Waals surface area contributed by atoms with E-state index >= 15 is 0 Å². The van der Waals surface area contributed by atoms with E-state index in [0.717, 1.165) is 29.5 Å². The Labute approximate surface area is 120 Å². The van der Waals surface area contributed by atoms with Crippen molar-refractivity contribution in [2.75, 3.05) is 6.61 Å². The summed E-state index contributed by atoms with van der Waals surface area (Å²) in [4.78, 5) is 16.0. The Morgan fingerprint density at radius 2 is 2.00 bits per heavy atom. The molecule has 1 heterocycles. The maximum atomic E-state index is 13.2. The molecule has 0 radical (unpaired) electrons. The fraction of sp³-hybridized carbons (Fsp3) is 0.167. The van der Waals surface area contributed by atoms with E-state index in [1.165, 1.54) is 0 Å². The van der Waals surface area contributed by atoms with Gasteiger partial charge in [0.15, 0.2) is 3.92 Å². The van der Waals surface area contributed by atoms with Gasteiger partial charge in [0.25, 0.3) is 0 Å². The zero-order valence-electron chi connectivity index (χ0n) is 9.75. The van der Waals surface area contributed by atoms with Crippen molar-refractivity contribution in [3.8, 4) is 11.3 Å². The summed E-state index contributed by atoms with van der Waals surface area (Å²) in [6.07, 6.45) is 0. The van der Waals surface area contributed by atoms with Gasteiger partial charge in [0.1, 0.15) is 16.5 Å². The van der Waals surface area contributed by atoms with Crippen LogP contribution >= 0.6 is 27.3 Å². The topological polar surface area (TPSA) is 39.2 Å². The van der Waals surface area contributed by atoms with Gasteiger partial charge in [0.05, 0.1) is 12.3 Å². The minimum absolute atomic E-state index is 0.197. The van der Waals surface area contributed by atoms with E-state index in [2.05, 4.69) is 20.9 Å². The van der Waals surface area contributed by atoms with Crippen LogP contribution in [0.4, 0.5) is 8.78 Å². The van der Waals surface area contributed by atoms with Crippen molar-refractivity contribution < 1.29 is 18.3 Å². The lowest BCUT2D eigenvalue weighted by atomic mass is 10.1. The second kappa shape index (κ2) is 5.75. The zero-order valence-corrected chi connectivity index (χ0v) is 12.1. The summed E-state index contributed by atoms with van der Waals surface area (Å²) in [6, 6.07) is 3.00. The predicted molar refractivity (Wildman–Crippen MR) is 71.1 cm³/mol. The van der Waals surface area contributed by atoms with Gasteiger partial charge in [-0.25, -0.2) is 18.6 Å². The summed E-state index contributed by atoms with van der Waals surface area (Å²) in [5, 5.41) is 0. The summed E-state index contributed by atoms with van der Waals surface area (Å²) in [6.45, 7) is 1.89. The standard InChI is InChI=1S/C12H8BrF2NO2S/c1-2-18-11(17)10-9(16-12(13)19-10)6-3-7(14)5-8(15)4-6/h3-5H,2H2,1H3. The number of aromatic nitrogens is 1. The van der Waals surface area contributed by atoms with Crippen molar-refractivity contribution in [3.63, 3.8) is 0 Å². The molecule has 0 amide bonds. The number of carbonyl (C=O) groups excluding carboxylic acids is 1. The third-order valence-corrected chi connectivity index (χ3v) is 3.68. The molecule has 1 aromatic heterocycles. The molecule has 3 nitrogen and oxygen atoms in total. The molecule has 19 heavy (non-hydrogen) atoms. The van der Waals surface area contributed by atoms with Crippen LogP contribution in [0.2, 0.25) is 0 Å². The van der Waals surface area contributed by atoms with Crippen LogP contribution < -0.4 is 0 Å². The molecule has 100 valence electrons. The fourth-order valence-corrected chi connectivity index (χ4v) is 2.89. The molecule has 7 heteroatoms. The number of nitrogens with zero attached hydrogens (tertiary/aromatic N) is 1. The van der Waals surface area contributed by atoms with Crippen LogP contribution in [0.1, 0.15) is 16.6 Å². The van der Waals surface area contributed by atoms with Gasteiger partial charge in [0.2, 0.25) is 0 Å². The molecular formula is C12H8BrF2NO2S. The second-order valence-electron chi connectivity index (χ2n) is 3.52. The van der Waals surface area contributed by atoms with E-state index < -0.39 is 17.6 Å². The quantitative estimate of drug-likeness (QED) is 0.787. The Bertz CT molecular complexity index is 610. The van der Waals surface area contributed by atoms with Crippen molar-refractivity contribution >= 4 is 33.2 Å². The molecule has 2 aromatic rings. The van der Waals surface area contributed by atoms with E-state index in [4.69, 9.17) is 4.74 Å². The number of esters is 1. The molecule has 0 bridgehead atoms. The van der Waals surface area contributed by atoms with Crippen LogP contribution in [-0.2, 0) is 4.74 Å². The first kappa shape index (κ1) is 14.1. The van der Waals surface area contributed by atoms with Crippen molar-refractivity contribution in [1.82, 2.24) is 4.98 Å². The lowest BCUT2D eigenvalue weighted by Gasteiger charge is -2.03. The van der Waals surface area contributed by atoms with Crippen LogP contribution in [0.15, 0.2) is 22.1 Å². The molecule has 1 aromatic carbocycles. The van der Waals surface area contributed by atoms with E-state index in [9.17, 15) is 13.6 Å². The van der Waals surface area contributed by atoms with Crippen molar-refractivity contribution in [1.29, 1.82) is 0 Å². The lowest BCUT2D eigenvalue weighted by Crippen LogP contribution is -2.04. The Kier molecular flexibility index (Phi) is 4.26. The van der Waals surface area contributed by atoms with Crippen LogP contribution in [0.25, 0.3) is 11.3 Å². The predicted octanol–water partition coefficient (Wildman–Crippen LogP) is 4.03. The Morgan fingerprint density at radius 1 is 1.37 bits per heavy atom. The zero-order chi connectivity index (χ0) is 14.0. The van der Waals surface area contributed by atoms with Gasteiger partial charge in [-0.3, -0.25) is 0 Å². The van der Waals surface area contributed by atoms with Crippen LogP contribution in [0.3, 0.4) is 0 Å². The summed E-state index contributed by atoms with van der Waals surface area (Å²) < 4.78 is 31.7. The fourth-order valence-electron chi connectivity index (χ4n) is 1.52. The highest BCUT2D eigenvalue weighted by Crippen LogP contribution is 2.32. The number of ether oxygens (including phenoxy) is 1. The number of hydrogen-bond acceptors (Lipinski definition) is 4. The third kappa shape index (κ3) is 3.16. The largest absolute Gasteiger partial charge is 0.462 e. The summed E-state index contributed by atoms with van der Waals surface area (Å²) in [7, 11) is 0. The van der Waals surface area contributed by atoms with Crippen molar-refractivity contribution in [3.05, 3.63) is 38.6 Å². The molecule has 0 aliphatic heterocycles. The minimum atomic E-state index is -0.728. The molecule has 0 fully saturated rings. The Morgan fingerprint density at radius 3 is 2.58 bits per heavy atom. The highest BCUT2D eigenvalue weighted by molar-refractivity contribution is 9.11. The average molecular weight is 348 g/mol. The van der Waals surface area contributed by atoms with Crippen LogP contribution in [0, 0.1) is 11.6 Å². The van der Waals surface area contributed by atoms with E-state index in [0.29, 0.717) is 3.92 Å². The van der Waals surface area contributed by atoms with Gasteiger partial charge >= 0.3 is 5.97 Å². The monoisotopic (exact) mass is 347 g/mol. The number of rotatable bonds is 3. The molecule has 2 rings (SSSR count). The third-order valence-electron chi connectivity index (χ3n) is 2.20. The van der Waals surface area contributed by atoms with E-state index in [-0.39, 0.29) is 22.7 Å². The smallest absolute Gasteiger partial charge is 0.350 e. The van der Waals surface area contributed by atoms with E-state index in [1.54, 1.807) is 6.92 Å². The van der Waals surface area contributed by atoms with Gasteiger partial charge in [-0.1, -0.05) is 11.3 Å². The maximum absolute atomic E-state index is 13.2. The molecular weight excluding hydrogens is 340 g/mol. The molecule has 0 saturated heterocycles. The summed E-state index contributed by atoms with van der Waals surface area (Å²) >= 11 is 4.20. The van der Waals surface area contributed by atoms with E-state index in [1.807, 2.05) is 0 Å².